The number of aliphatic carboxylic acids is 1. The second-order valence-corrected chi connectivity index (χ2v) is 11.1. The van der Waals surface area contributed by atoms with Gasteiger partial charge >= 0.3 is 12.1 Å². The van der Waals surface area contributed by atoms with Crippen LogP contribution in [0.1, 0.15) is 35.1 Å². The van der Waals surface area contributed by atoms with Crippen molar-refractivity contribution < 1.29 is 24.2 Å². The van der Waals surface area contributed by atoms with Crippen LogP contribution in [-0.2, 0) is 16.0 Å². The molecule has 2 unspecified atom stereocenters. The summed E-state index contributed by atoms with van der Waals surface area (Å²) in [6.07, 6.45) is 0.774. The van der Waals surface area contributed by atoms with E-state index in [1.165, 1.54) is 4.90 Å². The van der Waals surface area contributed by atoms with Gasteiger partial charge in [0, 0.05) is 35.1 Å². The molecule has 7 nitrogen and oxygen atoms in total. The number of halogens is 2. The SMILES string of the molecule is Cc1cc(C)c(OC(=O)N2CCCC(C(=O)NC(Cc3ccc(-c4ccc(Cl)cc4Cl)cc3)C(=O)O)C2)c(C)c1. The molecular formula is C31H32Cl2N2O5. The second-order valence-electron chi connectivity index (χ2n) is 10.3. The molecule has 4 rings (SSSR count). The van der Waals surface area contributed by atoms with Crippen LogP contribution >= 0.6 is 23.2 Å². The van der Waals surface area contributed by atoms with Crippen molar-refractivity contribution in [1.82, 2.24) is 10.2 Å². The van der Waals surface area contributed by atoms with E-state index in [-0.39, 0.29) is 13.0 Å². The number of piperidine rings is 1. The van der Waals surface area contributed by atoms with Gasteiger partial charge in [0.15, 0.2) is 0 Å². The Hall–Kier alpha value is -3.55. The zero-order valence-corrected chi connectivity index (χ0v) is 24.2. The Kier molecular flexibility index (Phi) is 9.38. The van der Waals surface area contributed by atoms with Crippen LogP contribution in [0.15, 0.2) is 54.6 Å². The van der Waals surface area contributed by atoms with Crippen LogP contribution in [-0.4, -0.2) is 47.1 Å². The summed E-state index contributed by atoms with van der Waals surface area (Å²) in [5.41, 5.74) is 5.25. The number of carboxylic acid groups (broad SMARTS) is 1. The lowest BCUT2D eigenvalue weighted by Gasteiger charge is -2.32. The lowest BCUT2D eigenvalue weighted by molar-refractivity contribution is -0.142. The third-order valence-corrected chi connectivity index (χ3v) is 7.64. The number of nitrogens with zero attached hydrogens (tertiary/aromatic N) is 1. The molecule has 9 heteroatoms. The van der Waals surface area contributed by atoms with Crippen LogP contribution in [0.3, 0.4) is 0 Å². The number of benzene rings is 3. The van der Waals surface area contributed by atoms with Gasteiger partial charge in [0.05, 0.1) is 5.92 Å². The summed E-state index contributed by atoms with van der Waals surface area (Å²) in [6.45, 7) is 6.40. The van der Waals surface area contributed by atoms with Crippen LogP contribution in [0.25, 0.3) is 11.1 Å². The van der Waals surface area contributed by atoms with Gasteiger partial charge in [-0.15, -0.1) is 0 Å². The van der Waals surface area contributed by atoms with Crippen LogP contribution in [0.4, 0.5) is 4.79 Å². The maximum absolute atomic E-state index is 13.1. The standard InChI is InChI=1S/C31H32Cl2N2O5/c1-18-13-19(2)28(20(3)14-18)40-31(39)35-12-4-5-23(17-35)29(36)34-27(30(37)38)15-21-6-8-22(9-7-21)25-11-10-24(32)16-26(25)33/h6-11,13-14,16,23,27H,4-5,12,15,17H2,1-3H3,(H,34,36)(H,37,38). The van der Waals surface area contributed by atoms with Crippen molar-refractivity contribution in [2.24, 2.45) is 5.92 Å². The largest absolute Gasteiger partial charge is 0.480 e. The van der Waals surface area contributed by atoms with Gasteiger partial charge in [-0.2, -0.15) is 0 Å². The fraction of sp³-hybridized carbons (Fsp3) is 0.323. The van der Waals surface area contributed by atoms with Crippen molar-refractivity contribution in [1.29, 1.82) is 0 Å². The van der Waals surface area contributed by atoms with Crippen molar-refractivity contribution in [2.45, 2.75) is 46.1 Å². The van der Waals surface area contributed by atoms with Crippen molar-refractivity contribution in [2.75, 3.05) is 13.1 Å². The minimum absolute atomic E-state index is 0.111. The van der Waals surface area contributed by atoms with Crippen LogP contribution in [0.2, 0.25) is 10.0 Å². The van der Waals surface area contributed by atoms with E-state index in [0.29, 0.717) is 35.2 Å². The smallest absolute Gasteiger partial charge is 0.415 e. The number of aryl methyl sites for hydroxylation is 3. The van der Waals surface area contributed by atoms with Crippen molar-refractivity contribution >= 4 is 41.2 Å². The molecule has 1 saturated heterocycles. The molecular weight excluding hydrogens is 551 g/mol. The number of ether oxygens (including phenoxy) is 1. The molecule has 2 amide bonds. The van der Waals surface area contributed by atoms with E-state index < -0.39 is 29.9 Å². The van der Waals surface area contributed by atoms with Crippen molar-refractivity contribution in [3.05, 3.63) is 86.9 Å². The number of likely N-dealkylation sites (tertiary alicyclic amines) is 1. The van der Waals surface area contributed by atoms with E-state index >= 15 is 0 Å². The molecule has 210 valence electrons. The molecule has 2 atom stereocenters. The van der Waals surface area contributed by atoms with Crippen LogP contribution in [0, 0.1) is 26.7 Å². The summed E-state index contributed by atoms with van der Waals surface area (Å²) < 4.78 is 5.70. The molecule has 0 bridgehead atoms. The molecule has 0 saturated carbocycles. The first-order valence-electron chi connectivity index (χ1n) is 13.1. The molecule has 2 N–H and O–H groups in total. The summed E-state index contributed by atoms with van der Waals surface area (Å²) in [6, 6.07) is 15.4. The normalized spacial score (nSPS) is 15.8. The first kappa shape index (κ1) is 29.4. The summed E-state index contributed by atoms with van der Waals surface area (Å²) in [5, 5.41) is 13.6. The lowest BCUT2D eigenvalue weighted by atomic mass is 9.96. The Balaban J connectivity index is 1.38. The first-order valence-corrected chi connectivity index (χ1v) is 13.9. The Morgan fingerprint density at radius 3 is 2.33 bits per heavy atom. The fourth-order valence-electron chi connectivity index (χ4n) is 5.11. The topological polar surface area (TPSA) is 95.9 Å². The third-order valence-electron chi connectivity index (χ3n) is 7.09. The molecule has 1 fully saturated rings. The summed E-state index contributed by atoms with van der Waals surface area (Å²) in [5.74, 6) is -1.53. The minimum atomic E-state index is -1.13. The molecule has 3 aromatic rings. The molecule has 40 heavy (non-hydrogen) atoms. The van der Waals surface area contributed by atoms with Crippen molar-refractivity contribution in [3.8, 4) is 16.9 Å². The average Bonchev–Trinajstić information content (AvgIpc) is 2.90. The summed E-state index contributed by atoms with van der Waals surface area (Å²) in [4.78, 5) is 39.6. The van der Waals surface area contributed by atoms with Gasteiger partial charge in [-0.3, -0.25) is 4.79 Å². The maximum atomic E-state index is 13.1. The second kappa shape index (κ2) is 12.7. The first-order chi connectivity index (χ1) is 19.0. The van der Waals surface area contributed by atoms with Gasteiger partial charge in [-0.05, 0) is 68.0 Å². The number of carboxylic acids is 1. The van der Waals surface area contributed by atoms with E-state index in [2.05, 4.69) is 5.32 Å². The monoisotopic (exact) mass is 582 g/mol. The fourth-order valence-corrected chi connectivity index (χ4v) is 5.62. The van der Waals surface area contributed by atoms with Gasteiger partial charge in [0.2, 0.25) is 5.91 Å². The molecule has 1 heterocycles. The quantitative estimate of drug-likeness (QED) is 0.327. The zero-order chi connectivity index (χ0) is 29.0. The summed E-state index contributed by atoms with van der Waals surface area (Å²) in [7, 11) is 0. The average molecular weight is 584 g/mol. The molecule has 1 aliphatic rings. The number of carbonyl (C=O) groups excluding carboxylic acids is 2. The Bertz CT molecular complexity index is 1400. The maximum Gasteiger partial charge on any atom is 0.415 e. The van der Waals surface area contributed by atoms with Gasteiger partial charge in [0.1, 0.15) is 11.8 Å². The van der Waals surface area contributed by atoms with Crippen LogP contribution < -0.4 is 10.1 Å². The van der Waals surface area contributed by atoms with Gasteiger partial charge in [-0.25, -0.2) is 9.59 Å². The molecule has 0 aliphatic carbocycles. The number of carbonyl (C=O) groups is 3. The summed E-state index contributed by atoms with van der Waals surface area (Å²) >= 11 is 12.3. The minimum Gasteiger partial charge on any atom is -0.480 e. The highest BCUT2D eigenvalue weighted by Gasteiger charge is 2.32. The highest BCUT2D eigenvalue weighted by atomic mass is 35.5. The lowest BCUT2D eigenvalue weighted by Crippen LogP contribution is -2.50. The Morgan fingerprint density at radius 2 is 1.70 bits per heavy atom. The van der Waals surface area contributed by atoms with E-state index in [4.69, 9.17) is 27.9 Å². The Labute approximate surface area is 244 Å². The molecule has 0 radical (unpaired) electrons. The molecule has 3 aromatic carbocycles. The van der Waals surface area contributed by atoms with E-state index in [0.717, 1.165) is 33.4 Å². The molecule has 0 spiro atoms. The van der Waals surface area contributed by atoms with E-state index in [9.17, 15) is 19.5 Å². The molecule has 1 aliphatic heterocycles. The molecule has 0 aromatic heterocycles. The van der Waals surface area contributed by atoms with Gasteiger partial charge in [0.25, 0.3) is 0 Å². The van der Waals surface area contributed by atoms with Crippen LogP contribution in [0.5, 0.6) is 5.75 Å². The number of amides is 2. The van der Waals surface area contributed by atoms with E-state index in [1.54, 1.807) is 12.1 Å². The number of hydrogen-bond donors (Lipinski definition) is 2. The zero-order valence-electron chi connectivity index (χ0n) is 22.7. The number of nitrogens with one attached hydrogen (secondary N) is 1. The van der Waals surface area contributed by atoms with Crippen molar-refractivity contribution in [3.63, 3.8) is 0 Å². The van der Waals surface area contributed by atoms with Gasteiger partial charge < -0.3 is 20.1 Å². The van der Waals surface area contributed by atoms with E-state index in [1.807, 2.05) is 63.2 Å². The highest BCUT2D eigenvalue weighted by molar-refractivity contribution is 6.36. The Morgan fingerprint density at radius 1 is 1.02 bits per heavy atom. The number of hydrogen-bond acceptors (Lipinski definition) is 4. The van der Waals surface area contributed by atoms with Gasteiger partial charge in [-0.1, -0.05) is 71.2 Å². The predicted molar refractivity (Wildman–Crippen MR) is 156 cm³/mol. The predicted octanol–water partition coefficient (Wildman–Crippen LogP) is 6.61. The number of rotatable bonds is 7. The highest BCUT2D eigenvalue weighted by Crippen LogP contribution is 2.31. The third kappa shape index (κ3) is 7.14.